The summed E-state index contributed by atoms with van der Waals surface area (Å²) < 4.78 is 28.0. The van der Waals surface area contributed by atoms with Crippen molar-refractivity contribution in [2.45, 2.75) is 11.8 Å². The van der Waals surface area contributed by atoms with Gasteiger partial charge in [-0.3, -0.25) is 4.79 Å². The van der Waals surface area contributed by atoms with E-state index in [9.17, 15) is 13.2 Å². The number of ether oxygens (including phenoxy) is 1. The summed E-state index contributed by atoms with van der Waals surface area (Å²) in [5.74, 6) is -0.446. The van der Waals surface area contributed by atoms with Crippen LogP contribution < -0.4 is 0 Å². The van der Waals surface area contributed by atoms with Gasteiger partial charge in [-0.1, -0.05) is 23.2 Å². The number of likely N-dealkylation sites (N-methyl/N-ethyl adjacent to an activating group) is 1. The summed E-state index contributed by atoms with van der Waals surface area (Å²) in [6, 6.07) is 2.26. The first-order valence-corrected chi connectivity index (χ1v) is 9.02. The maximum atomic E-state index is 12.3. The first-order chi connectivity index (χ1) is 9.68. The van der Waals surface area contributed by atoms with Gasteiger partial charge in [-0.15, -0.1) is 0 Å². The van der Waals surface area contributed by atoms with Crippen molar-refractivity contribution in [1.29, 1.82) is 0 Å². The maximum Gasteiger partial charge on any atom is 0.262 e. The Bertz CT molecular complexity index is 634. The van der Waals surface area contributed by atoms with Gasteiger partial charge in [0.25, 0.3) is 15.0 Å². The number of benzene rings is 1. The molecule has 1 aromatic carbocycles. The van der Waals surface area contributed by atoms with Crippen molar-refractivity contribution in [1.82, 2.24) is 4.90 Å². The van der Waals surface area contributed by atoms with E-state index in [4.69, 9.17) is 38.6 Å². The van der Waals surface area contributed by atoms with Crippen LogP contribution >= 0.6 is 33.9 Å². The Labute approximate surface area is 138 Å². The second-order valence-electron chi connectivity index (χ2n) is 4.12. The highest BCUT2D eigenvalue weighted by molar-refractivity contribution is 8.13. The van der Waals surface area contributed by atoms with E-state index in [2.05, 4.69) is 0 Å². The van der Waals surface area contributed by atoms with Crippen LogP contribution in [0.3, 0.4) is 0 Å². The third-order valence-corrected chi connectivity index (χ3v) is 4.74. The number of nitrogens with zero attached hydrogens (tertiary/aromatic N) is 1. The van der Waals surface area contributed by atoms with Gasteiger partial charge in [0.2, 0.25) is 0 Å². The summed E-state index contributed by atoms with van der Waals surface area (Å²) in [7, 11) is 2.76. The molecule has 0 aliphatic carbocycles. The second kappa shape index (κ2) is 7.65. The molecule has 1 amide bonds. The first-order valence-electron chi connectivity index (χ1n) is 5.95. The summed E-state index contributed by atoms with van der Waals surface area (Å²) in [5, 5.41) is -0.0826. The Morgan fingerprint density at radius 2 is 1.90 bits per heavy atom. The molecule has 1 rings (SSSR count). The number of hydrogen-bond donors (Lipinski definition) is 0. The summed E-state index contributed by atoms with van der Waals surface area (Å²) in [4.78, 5) is 13.3. The molecule has 118 valence electrons. The molecular weight excluding hydrogens is 361 g/mol. The van der Waals surface area contributed by atoms with Gasteiger partial charge in [0.05, 0.1) is 22.2 Å². The minimum atomic E-state index is -4.07. The SMILES string of the molecule is CCOCCN(C)C(=O)c1cc(S(=O)(=O)Cl)c(Cl)cc1Cl. The third kappa shape index (κ3) is 5.00. The van der Waals surface area contributed by atoms with Crippen molar-refractivity contribution in [2.75, 3.05) is 26.8 Å². The summed E-state index contributed by atoms with van der Waals surface area (Å²) in [5.41, 5.74) is 0.0132. The fourth-order valence-electron chi connectivity index (χ4n) is 1.53. The Balaban J connectivity index is 3.10. The summed E-state index contributed by atoms with van der Waals surface area (Å²) in [6.07, 6.45) is 0. The van der Waals surface area contributed by atoms with Crippen LogP contribution in [0.15, 0.2) is 17.0 Å². The van der Waals surface area contributed by atoms with Crippen molar-refractivity contribution in [2.24, 2.45) is 0 Å². The average Bonchev–Trinajstić information content (AvgIpc) is 2.36. The third-order valence-electron chi connectivity index (χ3n) is 2.64. The van der Waals surface area contributed by atoms with Crippen LogP contribution in [-0.2, 0) is 13.8 Å². The fraction of sp³-hybridized carbons (Fsp3) is 0.417. The van der Waals surface area contributed by atoms with Gasteiger partial charge in [-0.2, -0.15) is 0 Å². The first kappa shape index (κ1) is 18.5. The van der Waals surface area contributed by atoms with E-state index in [-0.39, 0.29) is 20.5 Å². The monoisotopic (exact) mass is 373 g/mol. The molecule has 0 radical (unpaired) electrons. The summed E-state index contributed by atoms with van der Waals surface area (Å²) >= 11 is 11.7. The number of hydrogen-bond acceptors (Lipinski definition) is 4. The molecule has 0 aliphatic heterocycles. The van der Waals surface area contributed by atoms with Crippen LogP contribution in [0.4, 0.5) is 0 Å². The number of rotatable bonds is 6. The van der Waals surface area contributed by atoms with Crippen molar-refractivity contribution in [3.8, 4) is 0 Å². The molecule has 21 heavy (non-hydrogen) atoms. The normalized spacial score (nSPS) is 11.5. The second-order valence-corrected chi connectivity index (χ2v) is 7.47. The smallest absolute Gasteiger partial charge is 0.262 e. The minimum Gasteiger partial charge on any atom is -0.380 e. The highest BCUT2D eigenvalue weighted by Crippen LogP contribution is 2.31. The number of amides is 1. The summed E-state index contributed by atoms with van der Waals surface area (Å²) in [6.45, 7) is 3.09. The molecule has 0 unspecified atom stereocenters. The molecule has 0 saturated carbocycles. The largest absolute Gasteiger partial charge is 0.380 e. The van der Waals surface area contributed by atoms with E-state index in [0.29, 0.717) is 19.8 Å². The van der Waals surface area contributed by atoms with E-state index >= 15 is 0 Å². The number of carbonyl (C=O) groups excluding carboxylic acids is 1. The van der Waals surface area contributed by atoms with Crippen LogP contribution in [0.25, 0.3) is 0 Å². The lowest BCUT2D eigenvalue weighted by Gasteiger charge is -2.18. The predicted octanol–water partition coefficient (Wildman–Crippen LogP) is 3.03. The molecular formula is C12H14Cl3NO4S. The molecule has 0 aromatic heterocycles. The number of carbonyl (C=O) groups is 1. The molecule has 0 bridgehead atoms. The van der Waals surface area contributed by atoms with Gasteiger partial charge in [0, 0.05) is 30.9 Å². The lowest BCUT2D eigenvalue weighted by molar-refractivity contribution is 0.0710. The van der Waals surface area contributed by atoms with Crippen LogP contribution in [-0.4, -0.2) is 46.0 Å². The number of halogens is 3. The van der Waals surface area contributed by atoms with E-state index < -0.39 is 15.0 Å². The van der Waals surface area contributed by atoms with Crippen molar-refractivity contribution < 1.29 is 17.9 Å². The lowest BCUT2D eigenvalue weighted by atomic mass is 10.2. The zero-order valence-corrected chi connectivity index (χ0v) is 14.5. The zero-order chi connectivity index (χ0) is 16.2. The van der Waals surface area contributed by atoms with Gasteiger partial charge in [-0.25, -0.2) is 8.42 Å². The highest BCUT2D eigenvalue weighted by Gasteiger charge is 2.22. The molecule has 1 aromatic rings. The van der Waals surface area contributed by atoms with Gasteiger partial charge in [0.1, 0.15) is 4.90 Å². The van der Waals surface area contributed by atoms with Crippen molar-refractivity contribution >= 4 is 48.8 Å². The predicted molar refractivity (Wildman–Crippen MR) is 83.0 cm³/mol. The molecule has 0 N–H and O–H groups in total. The topological polar surface area (TPSA) is 63.7 Å². The highest BCUT2D eigenvalue weighted by atomic mass is 35.7. The van der Waals surface area contributed by atoms with E-state index in [0.717, 1.165) is 6.07 Å². The Hall–Kier alpha value is -0.530. The van der Waals surface area contributed by atoms with Crippen LogP contribution in [0.1, 0.15) is 17.3 Å². The standard InChI is InChI=1S/C12H14Cl3NO4S/c1-3-20-5-4-16(2)12(17)8-6-11(21(15,18)19)10(14)7-9(8)13/h6-7H,3-5H2,1-2H3. The Kier molecular flexibility index (Phi) is 6.74. The quantitative estimate of drug-likeness (QED) is 0.567. The molecule has 0 spiro atoms. The minimum absolute atomic E-state index is 0.0132. The Morgan fingerprint density at radius 1 is 1.29 bits per heavy atom. The van der Waals surface area contributed by atoms with Crippen LogP contribution in [0.5, 0.6) is 0 Å². The van der Waals surface area contributed by atoms with Crippen LogP contribution in [0, 0.1) is 0 Å². The molecule has 0 aliphatic rings. The average molecular weight is 375 g/mol. The fourth-order valence-corrected chi connectivity index (χ4v) is 3.35. The Morgan fingerprint density at radius 3 is 2.43 bits per heavy atom. The van der Waals surface area contributed by atoms with Crippen LogP contribution in [0.2, 0.25) is 10.0 Å². The van der Waals surface area contributed by atoms with Gasteiger partial charge in [0.15, 0.2) is 0 Å². The molecule has 5 nitrogen and oxygen atoms in total. The van der Waals surface area contributed by atoms with Crippen molar-refractivity contribution in [3.05, 3.63) is 27.7 Å². The van der Waals surface area contributed by atoms with E-state index in [1.165, 1.54) is 11.0 Å². The van der Waals surface area contributed by atoms with Gasteiger partial charge in [-0.05, 0) is 19.1 Å². The van der Waals surface area contributed by atoms with Crippen molar-refractivity contribution in [3.63, 3.8) is 0 Å². The van der Waals surface area contributed by atoms with E-state index in [1.54, 1.807) is 7.05 Å². The maximum absolute atomic E-state index is 12.3. The molecule has 0 fully saturated rings. The molecule has 0 saturated heterocycles. The molecule has 9 heteroatoms. The molecule has 0 heterocycles. The van der Waals surface area contributed by atoms with Gasteiger partial charge < -0.3 is 9.64 Å². The van der Waals surface area contributed by atoms with Gasteiger partial charge >= 0.3 is 0 Å². The lowest BCUT2D eigenvalue weighted by Crippen LogP contribution is -2.30. The molecule has 0 atom stereocenters. The van der Waals surface area contributed by atoms with E-state index in [1.807, 2.05) is 6.92 Å². The zero-order valence-electron chi connectivity index (χ0n) is 11.4.